The molecule has 0 aliphatic carbocycles. The molecule has 0 bridgehead atoms. The topological polar surface area (TPSA) is 21.3 Å². The van der Waals surface area contributed by atoms with E-state index in [1.165, 1.54) is 18.9 Å². The predicted octanol–water partition coefficient (Wildman–Crippen LogP) is 3.04. The summed E-state index contributed by atoms with van der Waals surface area (Å²) < 4.78 is 19.1. The number of nitrogens with one attached hydrogen (secondary N) is 1. The Labute approximate surface area is 95.8 Å². The van der Waals surface area contributed by atoms with Crippen molar-refractivity contribution in [3.05, 3.63) is 29.6 Å². The number of benzene rings is 1. The van der Waals surface area contributed by atoms with Gasteiger partial charge < -0.3 is 10.1 Å². The molecule has 1 saturated heterocycles. The van der Waals surface area contributed by atoms with Crippen LogP contribution in [0.25, 0.3) is 0 Å². The van der Waals surface area contributed by atoms with Gasteiger partial charge in [-0.2, -0.15) is 0 Å². The van der Waals surface area contributed by atoms with Gasteiger partial charge >= 0.3 is 0 Å². The van der Waals surface area contributed by atoms with Crippen LogP contribution in [-0.2, 0) is 0 Å². The number of ether oxygens (including phenoxy) is 1. The Kier molecular flexibility index (Phi) is 3.78. The van der Waals surface area contributed by atoms with E-state index in [9.17, 15) is 4.39 Å². The van der Waals surface area contributed by atoms with Crippen LogP contribution in [0.3, 0.4) is 0 Å². The molecule has 1 aliphatic heterocycles. The second-order valence-corrected chi connectivity index (χ2v) is 4.21. The van der Waals surface area contributed by atoms with E-state index < -0.39 is 0 Å². The third kappa shape index (κ3) is 2.35. The standard InChI is InChI=1S/C13H18FNO/c1-16-12-8-5-6-10(14)13(12)11-7-3-2-4-9-15-11/h5-6,8,11,15H,2-4,7,9H2,1H3. The first kappa shape index (κ1) is 11.4. The summed E-state index contributed by atoms with van der Waals surface area (Å²) in [5.41, 5.74) is 0.687. The van der Waals surface area contributed by atoms with Gasteiger partial charge in [-0.05, 0) is 31.5 Å². The van der Waals surface area contributed by atoms with Crippen molar-refractivity contribution >= 4 is 0 Å². The molecule has 1 atom stereocenters. The van der Waals surface area contributed by atoms with E-state index in [4.69, 9.17) is 4.74 Å². The van der Waals surface area contributed by atoms with Gasteiger partial charge in [0.1, 0.15) is 11.6 Å². The molecule has 0 saturated carbocycles. The molecule has 3 heteroatoms. The van der Waals surface area contributed by atoms with Crippen molar-refractivity contribution in [2.45, 2.75) is 31.7 Å². The Morgan fingerprint density at radius 2 is 2.19 bits per heavy atom. The van der Waals surface area contributed by atoms with E-state index in [0.29, 0.717) is 11.3 Å². The molecule has 1 heterocycles. The number of hydrogen-bond acceptors (Lipinski definition) is 2. The van der Waals surface area contributed by atoms with Crippen LogP contribution in [0.5, 0.6) is 5.75 Å². The van der Waals surface area contributed by atoms with Crippen molar-refractivity contribution < 1.29 is 9.13 Å². The normalized spacial score (nSPS) is 21.5. The second kappa shape index (κ2) is 5.30. The van der Waals surface area contributed by atoms with E-state index in [2.05, 4.69) is 5.32 Å². The van der Waals surface area contributed by atoms with Crippen molar-refractivity contribution in [2.75, 3.05) is 13.7 Å². The zero-order valence-electron chi connectivity index (χ0n) is 9.63. The molecule has 0 amide bonds. The first-order chi connectivity index (χ1) is 7.83. The lowest BCUT2D eigenvalue weighted by molar-refractivity contribution is 0.388. The van der Waals surface area contributed by atoms with Gasteiger partial charge in [-0.3, -0.25) is 0 Å². The summed E-state index contributed by atoms with van der Waals surface area (Å²) in [6.45, 7) is 0.960. The molecule has 2 rings (SSSR count). The highest BCUT2D eigenvalue weighted by molar-refractivity contribution is 5.37. The highest BCUT2D eigenvalue weighted by atomic mass is 19.1. The average molecular weight is 223 g/mol. The van der Waals surface area contributed by atoms with E-state index in [1.807, 2.05) is 6.07 Å². The van der Waals surface area contributed by atoms with Gasteiger partial charge in [0.15, 0.2) is 0 Å². The van der Waals surface area contributed by atoms with Crippen LogP contribution < -0.4 is 10.1 Å². The van der Waals surface area contributed by atoms with E-state index in [0.717, 1.165) is 19.4 Å². The minimum Gasteiger partial charge on any atom is -0.496 e. The molecule has 0 radical (unpaired) electrons. The van der Waals surface area contributed by atoms with Gasteiger partial charge in [0, 0.05) is 11.6 Å². The first-order valence-electron chi connectivity index (χ1n) is 5.88. The molecule has 1 aliphatic rings. The van der Waals surface area contributed by atoms with Crippen molar-refractivity contribution in [1.82, 2.24) is 5.32 Å². The van der Waals surface area contributed by atoms with Gasteiger partial charge in [-0.25, -0.2) is 4.39 Å². The molecule has 1 fully saturated rings. The lowest BCUT2D eigenvalue weighted by atomic mass is 10.0. The Morgan fingerprint density at radius 3 is 3.00 bits per heavy atom. The Balaban J connectivity index is 2.29. The summed E-state index contributed by atoms with van der Waals surface area (Å²) in [4.78, 5) is 0. The van der Waals surface area contributed by atoms with Gasteiger partial charge in [0.25, 0.3) is 0 Å². The maximum Gasteiger partial charge on any atom is 0.131 e. The fourth-order valence-electron chi connectivity index (χ4n) is 2.31. The number of hydrogen-bond donors (Lipinski definition) is 1. The highest BCUT2D eigenvalue weighted by Gasteiger charge is 2.20. The maximum absolute atomic E-state index is 13.8. The number of halogens is 1. The van der Waals surface area contributed by atoms with Crippen LogP contribution >= 0.6 is 0 Å². The third-order valence-corrected chi connectivity index (χ3v) is 3.14. The molecule has 1 N–H and O–H groups in total. The Bertz CT molecular complexity index is 346. The highest BCUT2D eigenvalue weighted by Crippen LogP contribution is 2.32. The quantitative estimate of drug-likeness (QED) is 0.832. The SMILES string of the molecule is COc1cccc(F)c1C1CCCCCN1. The lowest BCUT2D eigenvalue weighted by Crippen LogP contribution is -2.21. The predicted molar refractivity (Wildman–Crippen MR) is 62.2 cm³/mol. The van der Waals surface area contributed by atoms with Crippen molar-refractivity contribution in [1.29, 1.82) is 0 Å². The van der Waals surface area contributed by atoms with Gasteiger partial charge in [-0.1, -0.05) is 18.9 Å². The summed E-state index contributed by atoms with van der Waals surface area (Å²) in [6, 6.07) is 5.11. The minimum absolute atomic E-state index is 0.0960. The summed E-state index contributed by atoms with van der Waals surface area (Å²) in [5.74, 6) is 0.484. The monoisotopic (exact) mass is 223 g/mol. The van der Waals surface area contributed by atoms with Crippen LogP contribution in [0.15, 0.2) is 18.2 Å². The molecule has 1 aromatic rings. The average Bonchev–Trinajstić information content (AvgIpc) is 2.57. The van der Waals surface area contributed by atoms with Crippen molar-refractivity contribution in [2.24, 2.45) is 0 Å². The van der Waals surface area contributed by atoms with E-state index in [1.54, 1.807) is 13.2 Å². The summed E-state index contributed by atoms with van der Waals surface area (Å²) in [5, 5.41) is 3.39. The largest absolute Gasteiger partial charge is 0.496 e. The molecule has 1 unspecified atom stereocenters. The van der Waals surface area contributed by atoms with Gasteiger partial charge in [0.05, 0.1) is 7.11 Å². The first-order valence-corrected chi connectivity index (χ1v) is 5.88. The third-order valence-electron chi connectivity index (χ3n) is 3.14. The summed E-state index contributed by atoms with van der Waals surface area (Å²) >= 11 is 0. The molecule has 2 nitrogen and oxygen atoms in total. The summed E-state index contributed by atoms with van der Waals surface area (Å²) in [6.07, 6.45) is 4.53. The molecular weight excluding hydrogens is 205 g/mol. The van der Waals surface area contributed by atoms with Crippen LogP contribution in [0.4, 0.5) is 4.39 Å². The van der Waals surface area contributed by atoms with Crippen LogP contribution in [-0.4, -0.2) is 13.7 Å². The molecule has 16 heavy (non-hydrogen) atoms. The fraction of sp³-hybridized carbons (Fsp3) is 0.538. The number of methoxy groups -OCH3 is 1. The second-order valence-electron chi connectivity index (χ2n) is 4.21. The lowest BCUT2D eigenvalue weighted by Gasteiger charge is -2.19. The molecule has 88 valence electrons. The zero-order chi connectivity index (χ0) is 11.4. The van der Waals surface area contributed by atoms with E-state index in [-0.39, 0.29) is 11.9 Å². The Hall–Kier alpha value is -1.09. The van der Waals surface area contributed by atoms with Gasteiger partial charge in [0.2, 0.25) is 0 Å². The molecule has 0 spiro atoms. The summed E-state index contributed by atoms with van der Waals surface area (Å²) in [7, 11) is 1.59. The van der Waals surface area contributed by atoms with Crippen LogP contribution in [0.2, 0.25) is 0 Å². The molecule has 0 aromatic heterocycles. The molecular formula is C13H18FNO. The maximum atomic E-state index is 13.8. The smallest absolute Gasteiger partial charge is 0.131 e. The molecule has 1 aromatic carbocycles. The Morgan fingerprint density at radius 1 is 1.31 bits per heavy atom. The van der Waals surface area contributed by atoms with Crippen LogP contribution in [0.1, 0.15) is 37.3 Å². The number of rotatable bonds is 2. The van der Waals surface area contributed by atoms with Crippen molar-refractivity contribution in [3.63, 3.8) is 0 Å². The zero-order valence-corrected chi connectivity index (χ0v) is 9.63. The van der Waals surface area contributed by atoms with Crippen LogP contribution in [0, 0.1) is 5.82 Å². The van der Waals surface area contributed by atoms with Gasteiger partial charge in [-0.15, -0.1) is 0 Å². The minimum atomic E-state index is -0.168. The fourth-order valence-corrected chi connectivity index (χ4v) is 2.31. The van der Waals surface area contributed by atoms with Crippen molar-refractivity contribution in [3.8, 4) is 5.75 Å². The van der Waals surface area contributed by atoms with E-state index >= 15 is 0 Å².